The van der Waals surface area contributed by atoms with Gasteiger partial charge < -0.3 is 14.4 Å². The van der Waals surface area contributed by atoms with E-state index in [1.165, 1.54) is 51.4 Å². The van der Waals surface area contributed by atoms with Crippen molar-refractivity contribution in [2.45, 2.75) is 110 Å². The van der Waals surface area contributed by atoms with Gasteiger partial charge in [0.05, 0.1) is 13.2 Å². The third kappa shape index (κ3) is 20.3. The van der Waals surface area contributed by atoms with Gasteiger partial charge in [0.2, 0.25) is 0 Å². The predicted molar refractivity (Wildman–Crippen MR) is 145 cm³/mol. The lowest BCUT2D eigenvalue weighted by atomic mass is 10.1. The molecule has 5 nitrogen and oxygen atoms in total. The Morgan fingerprint density at radius 2 is 1.31 bits per heavy atom. The number of hydrogen-bond acceptors (Lipinski definition) is 5. The summed E-state index contributed by atoms with van der Waals surface area (Å²) in [5.41, 5.74) is 0. The normalized spacial score (nSPS) is 15.3. The summed E-state index contributed by atoms with van der Waals surface area (Å²) in [6, 6.07) is 0. The second kappa shape index (κ2) is 22.8. The van der Waals surface area contributed by atoms with Gasteiger partial charge in [0.25, 0.3) is 0 Å². The van der Waals surface area contributed by atoms with E-state index in [2.05, 4.69) is 43.1 Å². The Bertz CT molecular complexity index is 581. The summed E-state index contributed by atoms with van der Waals surface area (Å²) >= 11 is 0. The van der Waals surface area contributed by atoms with E-state index in [4.69, 9.17) is 9.47 Å². The maximum Gasteiger partial charge on any atom is 0.305 e. The van der Waals surface area contributed by atoms with Crippen LogP contribution in [0.1, 0.15) is 110 Å². The van der Waals surface area contributed by atoms with Crippen LogP contribution in [0.3, 0.4) is 0 Å². The summed E-state index contributed by atoms with van der Waals surface area (Å²) in [6.45, 7) is 9.85. The van der Waals surface area contributed by atoms with Crippen molar-refractivity contribution in [3.05, 3.63) is 31.2 Å². The Hall–Kier alpha value is -1.62. The molecule has 1 heterocycles. The van der Waals surface area contributed by atoms with Crippen LogP contribution in [0.5, 0.6) is 0 Å². The van der Waals surface area contributed by atoms with Crippen molar-refractivity contribution in [3.8, 4) is 0 Å². The first-order valence-corrected chi connectivity index (χ1v) is 14.3. The van der Waals surface area contributed by atoms with Crippen LogP contribution in [0.25, 0.3) is 0 Å². The molecule has 1 unspecified atom stereocenters. The van der Waals surface area contributed by atoms with Crippen LogP contribution in [-0.2, 0) is 19.1 Å². The van der Waals surface area contributed by atoms with Gasteiger partial charge in [0.1, 0.15) is 0 Å². The van der Waals surface area contributed by atoms with E-state index in [1.54, 1.807) is 0 Å². The summed E-state index contributed by atoms with van der Waals surface area (Å²) in [5.74, 6) is -0.582. The largest absolute Gasteiger partial charge is 0.465 e. The second-order valence-electron chi connectivity index (χ2n) is 9.87. The topological polar surface area (TPSA) is 55.8 Å². The number of ether oxygens (including phenoxy) is 2. The van der Waals surface area contributed by atoms with Gasteiger partial charge in [-0.1, -0.05) is 63.3 Å². The van der Waals surface area contributed by atoms with Crippen molar-refractivity contribution < 1.29 is 19.1 Å². The zero-order valence-corrected chi connectivity index (χ0v) is 22.5. The standard InChI is InChI=1S/C30H52NO4/c1-3-4-5-6-7-8-9-10-11-12-13-14-15-16-17-21-29(32)34-26-28(2)27-35-30(33)22-20-25-31-23-18-19-24-31/h7-8,10-11,28H,2-6,9,12-27H2,1H3/b8-7-,11-10-. The monoisotopic (exact) mass is 490 g/mol. The van der Waals surface area contributed by atoms with E-state index >= 15 is 0 Å². The fraction of sp³-hybridized carbons (Fsp3) is 0.767. The van der Waals surface area contributed by atoms with Crippen molar-refractivity contribution in [1.29, 1.82) is 0 Å². The molecule has 1 radical (unpaired) electrons. The molecule has 1 atom stereocenters. The maximum absolute atomic E-state index is 11.9. The Labute approximate surface area is 215 Å². The third-order valence-electron chi connectivity index (χ3n) is 6.35. The van der Waals surface area contributed by atoms with Crippen molar-refractivity contribution in [1.82, 2.24) is 4.90 Å². The number of nitrogens with zero attached hydrogens (tertiary/aromatic N) is 1. The average molecular weight is 491 g/mol. The molecule has 0 saturated carbocycles. The fourth-order valence-corrected chi connectivity index (χ4v) is 4.15. The SMILES string of the molecule is [CH2]C(COC(=O)CCCCCCC/C=C\C/C=C\CCCCC)COC(=O)CCCN1CCCC1. The molecule has 1 fully saturated rings. The van der Waals surface area contributed by atoms with Gasteiger partial charge in [-0.15, -0.1) is 0 Å². The van der Waals surface area contributed by atoms with Gasteiger partial charge >= 0.3 is 11.9 Å². The van der Waals surface area contributed by atoms with E-state index in [0.717, 1.165) is 58.2 Å². The van der Waals surface area contributed by atoms with Crippen molar-refractivity contribution in [2.24, 2.45) is 5.92 Å². The number of esters is 2. The van der Waals surface area contributed by atoms with Crippen LogP contribution in [0.15, 0.2) is 24.3 Å². The number of carbonyl (C=O) groups excluding carboxylic acids is 2. The van der Waals surface area contributed by atoms with Gasteiger partial charge in [-0.2, -0.15) is 0 Å². The molecule has 0 aromatic heterocycles. The van der Waals surface area contributed by atoms with Crippen LogP contribution < -0.4 is 0 Å². The van der Waals surface area contributed by atoms with E-state index in [-0.39, 0.29) is 31.1 Å². The zero-order valence-electron chi connectivity index (χ0n) is 22.5. The van der Waals surface area contributed by atoms with Gasteiger partial charge in [-0.3, -0.25) is 9.59 Å². The lowest BCUT2D eigenvalue weighted by molar-refractivity contribution is -0.148. The number of likely N-dealkylation sites (tertiary alicyclic amines) is 1. The van der Waals surface area contributed by atoms with Crippen LogP contribution >= 0.6 is 0 Å². The van der Waals surface area contributed by atoms with Crippen molar-refractivity contribution in [2.75, 3.05) is 32.8 Å². The summed E-state index contributed by atoms with van der Waals surface area (Å²) < 4.78 is 10.6. The molecule has 0 N–H and O–H groups in total. The number of allylic oxidation sites excluding steroid dienone is 4. The molecule has 1 rings (SSSR count). The van der Waals surface area contributed by atoms with Crippen molar-refractivity contribution in [3.63, 3.8) is 0 Å². The Morgan fingerprint density at radius 3 is 1.94 bits per heavy atom. The minimum atomic E-state index is -0.217. The molecule has 0 aromatic carbocycles. The van der Waals surface area contributed by atoms with Gasteiger partial charge in [0.15, 0.2) is 0 Å². The molecule has 1 aliphatic rings. The number of unbranched alkanes of at least 4 members (excludes halogenated alkanes) is 8. The van der Waals surface area contributed by atoms with Crippen LogP contribution in [0.2, 0.25) is 0 Å². The quantitative estimate of drug-likeness (QED) is 0.0911. The summed E-state index contributed by atoms with van der Waals surface area (Å²) in [4.78, 5) is 26.1. The highest BCUT2D eigenvalue weighted by Gasteiger charge is 2.13. The average Bonchev–Trinajstić information content (AvgIpc) is 3.37. The Kier molecular flexibility index (Phi) is 20.5. The molecular weight excluding hydrogens is 438 g/mol. The number of rotatable bonds is 22. The highest BCUT2D eigenvalue weighted by Crippen LogP contribution is 2.10. The lowest BCUT2D eigenvalue weighted by Crippen LogP contribution is -2.22. The first kappa shape index (κ1) is 31.4. The third-order valence-corrected chi connectivity index (χ3v) is 6.35. The first-order chi connectivity index (χ1) is 17.1. The van der Waals surface area contributed by atoms with E-state index in [0.29, 0.717) is 12.8 Å². The fourth-order valence-electron chi connectivity index (χ4n) is 4.15. The molecule has 0 bridgehead atoms. The zero-order chi connectivity index (χ0) is 25.4. The molecule has 0 spiro atoms. The van der Waals surface area contributed by atoms with Crippen LogP contribution in [0, 0.1) is 12.8 Å². The summed E-state index contributed by atoms with van der Waals surface area (Å²) in [5, 5.41) is 0. The van der Waals surface area contributed by atoms with E-state index in [1.807, 2.05) is 0 Å². The molecule has 1 aliphatic heterocycles. The highest BCUT2D eigenvalue weighted by molar-refractivity contribution is 5.69. The van der Waals surface area contributed by atoms with E-state index < -0.39 is 0 Å². The summed E-state index contributed by atoms with van der Waals surface area (Å²) in [7, 11) is 0. The lowest BCUT2D eigenvalue weighted by Gasteiger charge is -2.15. The van der Waals surface area contributed by atoms with Gasteiger partial charge in [0, 0.05) is 18.8 Å². The second-order valence-corrected chi connectivity index (χ2v) is 9.87. The molecule has 0 aliphatic carbocycles. The minimum Gasteiger partial charge on any atom is -0.465 e. The smallest absolute Gasteiger partial charge is 0.305 e. The van der Waals surface area contributed by atoms with Crippen LogP contribution in [-0.4, -0.2) is 49.7 Å². The number of carbonyl (C=O) groups is 2. The first-order valence-electron chi connectivity index (χ1n) is 14.3. The molecule has 35 heavy (non-hydrogen) atoms. The molecule has 1 saturated heterocycles. The van der Waals surface area contributed by atoms with Gasteiger partial charge in [-0.05, 0) is 84.3 Å². The molecule has 0 aromatic rings. The van der Waals surface area contributed by atoms with E-state index in [9.17, 15) is 9.59 Å². The minimum absolute atomic E-state index is 0.179. The highest BCUT2D eigenvalue weighted by atomic mass is 16.5. The predicted octanol–water partition coefficient (Wildman–Crippen LogP) is 7.21. The maximum atomic E-state index is 11.9. The molecular formula is C30H52NO4. The van der Waals surface area contributed by atoms with Crippen LogP contribution in [0.4, 0.5) is 0 Å². The van der Waals surface area contributed by atoms with Gasteiger partial charge in [-0.25, -0.2) is 0 Å². The number of hydrogen-bond donors (Lipinski definition) is 0. The molecule has 0 amide bonds. The van der Waals surface area contributed by atoms with Crippen molar-refractivity contribution >= 4 is 11.9 Å². The Morgan fingerprint density at radius 1 is 0.771 bits per heavy atom. The summed E-state index contributed by atoms with van der Waals surface area (Å²) in [6.07, 6.45) is 26.2. The Balaban J connectivity index is 1.86. The molecule has 5 heteroatoms. The molecule has 201 valence electrons.